The van der Waals surface area contributed by atoms with Crippen LogP contribution in [0.5, 0.6) is 5.75 Å². The molecule has 1 heterocycles. The highest BCUT2D eigenvalue weighted by Gasteiger charge is 2.11. The lowest BCUT2D eigenvalue weighted by atomic mass is 10.0. The van der Waals surface area contributed by atoms with Crippen LogP contribution in [0.25, 0.3) is 0 Å². The molecule has 0 aliphatic heterocycles. The van der Waals surface area contributed by atoms with Crippen molar-refractivity contribution < 1.29 is 4.74 Å². The van der Waals surface area contributed by atoms with E-state index in [1.807, 2.05) is 10.9 Å². The number of benzene rings is 1. The molecule has 0 spiro atoms. The van der Waals surface area contributed by atoms with Crippen LogP contribution in [0.1, 0.15) is 43.2 Å². The van der Waals surface area contributed by atoms with Crippen LogP contribution in [0.15, 0.2) is 18.3 Å². The minimum absolute atomic E-state index is 0.526. The van der Waals surface area contributed by atoms with Crippen molar-refractivity contribution >= 4 is 0 Å². The highest BCUT2D eigenvalue weighted by Crippen LogP contribution is 2.27. The van der Waals surface area contributed by atoms with E-state index in [-0.39, 0.29) is 0 Å². The number of aromatic nitrogens is 3. The van der Waals surface area contributed by atoms with Crippen LogP contribution in [-0.2, 0) is 19.4 Å². The monoisotopic (exact) mass is 301 g/mol. The van der Waals surface area contributed by atoms with Crippen molar-refractivity contribution in [2.45, 2.75) is 54.0 Å². The van der Waals surface area contributed by atoms with Crippen molar-refractivity contribution in [3.8, 4) is 5.75 Å². The molecule has 0 amide bonds. The zero-order valence-corrected chi connectivity index (χ0v) is 14.4. The minimum atomic E-state index is 0.526. The number of hydrogen-bond donors (Lipinski definition) is 0. The van der Waals surface area contributed by atoms with Crippen molar-refractivity contribution in [1.29, 1.82) is 0 Å². The van der Waals surface area contributed by atoms with Gasteiger partial charge in [0, 0.05) is 12.7 Å². The second-order valence-electron chi connectivity index (χ2n) is 6.34. The zero-order chi connectivity index (χ0) is 16.1. The highest BCUT2D eigenvalue weighted by atomic mass is 16.5. The summed E-state index contributed by atoms with van der Waals surface area (Å²) in [6.45, 7) is 12.3. The number of rotatable bonds is 7. The van der Waals surface area contributed by atoms with Crippen molar-refractivity contribution in [2.24, 2.45) is 5.92 Å². The zero-order valence-electron chi connectivity index (χ0n) is 14.4. The third-order valence-corrected chi connectivity index (χ3v) is 3.62. The predicted molar refractivity (Wildman–Crippen MR) is 89.4 cm³/mol. The van der Waals surface area contributed by atoms with Crippen molar-refractivity contribution in [1.82, 2.24) is 15.0 Å². The summed E-state index contributed by atoms with van der Waals surface area (Å²) in [7, 11) is 0. The van der Waals surface area contributed by atoms with E-state index in [1.54, 1.807) is 0 Å². The summed E-state index contributed by atoms with van der Waals surface area (Å²) in [4.78, 5) is 0. The molecule has 120 valence electrons. The van der Waals surface area contributed by atoms with Crippen LogP contribution in [0.4, 0.5) is 0 Å². The van der Waals surface area contributed by atoms with Crippen LogP contribution in [-0.4, -0.2) is 21.6 Å². The smallest absolute Gasteiger partial charge is 0.125 e. The van der Waals surface area contributed by atoms with Gasteiger partial charge >= 0.3 is 0 Å². The fourth-order valence-electron chi connectivity index (χ4n) is 2.55. The average Bonchev–Trinajstić information content (AvgIpc) is 2.91. The summed E-state index contributed by atoms with van der Waals surface area (Å²) in [5, 5.41) is 8.32. The van der Waals surface area contributed by atoms with Gasteiger partial charge in [-0.1, -0.05) is 36.8 Å². The lowest BCUT2D eigenvalue weighted by Crippen LogP contribution is -2.08. The van der Waals surface area contributed by atoms with Crippen LogP contribution in [0, 0.1) is 19.8 Å². The predicted octanol–water partition coefficient (Wildman–Crippen LogP) is 3.73. The van der Waals surface area contributed by atoms with Crippen molar-refractivity contribution in [3.05, 3.63) is 40.7 Å². The van der Waals surface area contributed by atoms with Gasteiger partial charge in [0.05, 0.1) is 12.3 Å². The summed E-state index contributed by atoms with van der Waals surface area (Å²) in [6.07, 6.45) is 3.84. The molecule has 0 aliphatic rings. The van der Waals surface area contributed by atoms with E-state index in [0.29, 0.717) is 5.92 Å². The molecule has 0 bridgehead atoms. The molecular formula is C18H27N3O. The second kappa shape index (κ2) is 7.43. The topological polar surface area (TPSA) is 39.9 Å². The Balaban J connectivity index is 2.13. The standard InChI is InChI=1S/C18H27N3O/c1-6-21-11-17(19-20-21)8-7-16-10-14(4)9-15(5)18(16)22-12-13(2)3/h9-11,13H,6-8,12H2,1-5H3. The Morgan fingerprint density at radius 1 is 1.18 bits per heavy atom. The van der Waals surface area contributed by atoms with E-state index in [4.69, 9.17) is 4.74 Å². The lowest BCUT2D eigenvalue weighted by molar-refractivity contribution is 0.267. The molecule has 22 heavy (non-hydrogen) atoms. The largest absolute Gasteiger partial charge is 0.493 e. The first-order chi connectivity index (χ1) is 10.5. The Bertz CT molecular complexity index is 617. The second-order valence-corrected chi connectivity index (χ2v) is 6.34. The third kappa shape index (κ3) is 4.33. The van der Waals surface area contributed by atoms with Crippen LogP contribution < -0.4 is 4.74 Å². The van der Waals surface area contributed by atoms with Gasteiger partial charge in [0.25, 0.3) is 0 Å². The summed E-state index contributed by atoms with van der Waals surface area (Å²) in [5.74, 6) is 1.57. The van der Waals surface area contributed by atoms with Crippen LogP contribution in [0.2, 0.25) is 0 Å². The molecule has 2 rings (SSSR count). The molecule has 0 unspecified atom stereocenters. The Labute approximate surface area is 133 Å². The Kier molecular flexibility index (Phi) is 5.58. The third-order valence-electron chi connectivity index (χ3n) is 3.62. The van der Waals surface area contributed by atoms with Gasteiger partial charge < -0.3 is 4.74 Å². The average molecular weight is 301 g/mol. The lowest BCUT2D eigenvalue weighted by Gasteiger charge is -2.16. The number of ether oxygens (including phenoxy) is 1. The van der Waals surface area contributed by atoms with Gasteiger partial charge in [0.2, 0.25) is 0 Å². The number of hydrogen-bond acceptors (Lipinski definition) is 3. The van der Waals surface area contributed by atoms with Gasteiger partial charge in [-0.2, -0.15) is 0 Å². The summed E-state index contributed by atoms with van der Waals surface area (Å²) in [6, 6.07) is 4.42. The Morgan fingerprint density at radius 3 is 2.59 bits per heavy atom. The first-order valence-electron chi connectivity index (χ1n) is 8.11. The van der Waals surface area contributed by atoms with Crippen LogP contribution in [0.3, 0.4) is 0 Å². The van der Waals surface area contributed by atoms with Crippen molar-refractivity contribution in [2.75, 3.05) is 6.61 Å². The quantitative estimate of drug-likeness (QED) is 0.782. The van der Waals surface area contributed by atoms with E-state index in [2.05, 4.69) is 57.1 Å². The molecule has 0 N–H and O–H groups in total. The summed E-state index contributed by atoms with van der Waals surface area (Å²) in [5.41, 5.74) is 4.80. The van der Waals surface area contributed by atoms with Gasteiger partial charge in [0.15, 0.2) is 0 Å². The SMILES string of the molecule is CCn1cc(CCc2cc(C)cc(C)c2OCC(C)C)nn1. The molecule has 0 atom stereocenters. The normalized spacial score (nSPS) is 11.2. The Hall–Kier alpha value is -1.84. The van der Waals surface area contributed by atoms with E-state index in [9.17, 15) is 0 Å². The molecule has 1 aromatic heterocycles. The molecule has 0 fully saturated rings. The van der Waals surface area contributed by atoms with E-state index < -0.39 is 0 Å². The fourth-order valence-corrected chi connectivity index (χ4v) is 2.55. The van der Waals surface area contributed by atoms with E-state index >= 15 is 0 Å². The van der Waals surface area contributed by atoms with Gasteiger partial charge in [-0.15, -0.1) is 5.10 Å². The maximum absolute atomic E-state index is 6.06. The maximum Gasteiger partial charge on any atom is 0.125 e. The van der Waals surface area contributed by atoms with Gasteiger partial charge in [-0.3, -0.25) is 4.68 Å². The Morgan fingerprint density at radius 2 is 1.95 bits per heavy atom. The molecule has 4 nitrogen and oxygen atoms in total. The molecule has 0 aliphatic carbocycles. The van der Waals surface area contributed by atoms with Gasteiger partial charge in [0.1, 0.15) is 5.75 Å². The first kappa shape index (κ1) is 16.5. The van der Waals surface area contributed by atoms with E-state index in [0.717, 1.165) is 37.4 Å². The molecule has 0 radical (unpaired) electrons. The summed E-state index contributed by atoms with van der Waals surface area (Å²) >= 11 is 0. The molecule has 0 saturated heterocycles. The summed E-state index contributed by atoms with van der Waals surface area (Å²) < 4.78 is 7.93. The van der Waals surface area contributed by atoms with E-state index in [1.165, 1.54) is 16.7 Å². The first-order valence-corrected chi connectivity index (χ1v) is 8.11. The maximum atomic E-state index is 6.06. The molecule has 4 heteroatoms. The molecule has 2 aromatic rings. The van der Waals surface area contributed by atoms with Crippen LogP contribution >= 0.6 is 0 Å². The van der Waals surface area contributed by atoms with Gasteiger partial charge in [-0.25, -0.2) is 0 Å². The molecule has 0 saturated carbocycles. The highest BCUT2D eigenvalue weighted by molar-refractivity contribution is 5.44. The minimum Gasteiger partial charge on any atom is -0.493 e. The number of nitrogens with zero attached hydrogens (tertiary/aromatic N) is 3. The molecule has 1 aromatic carbocycles. The van der Waals surface area contributed by atoms with Crippen molar-refractivity contribution in [3.63, 3.8) is 0 Å². The fraction of sp³-hybridized carbons (Fsp3) is 0.556. The number of aryl methyl sites for hydroxylation is 5. The van der Waals surface area contributed by atoms with Gasteiger partial charge in [-0.05, 0) is 50.7 Å². The molecular weight excluding hydrogens is 274 g/mol.